The Bertz CT molecular complexity index is 714. The van der Waals surface area contributed by atoms with Crippen LogP contribution < -0.4 is 10.6 Å². The quantitative estimate of drug-likeness (QED) is 0.449. The van der Waals surface area contributed by atoms with Crippen molar-refractivity contribution in [1.82, 2.24) is 19.7 Å². The Morgan fingerprint density at radius 1 is 1.41 bits per heavy atom. The number of imidazole rings is 1. The third-order valence-electron chi connectivity index (χ3n) is 3.14. The molecule has 0 spiro atoms. The molecule has 3 rings (SSSR count). The molecule has 5 N–H and O–H groups in total. The maximum Gasteiger partial charge on any atom is 0.348 e. The molecule has 0 bridgehead atoms. The van der Waals surface area contributed by atoms with Crippen LogP contribution in [-0.4, -0.2) is 66.0 Å². The number of nitrogens with zero attached hydrogens (tertiary/aromatic N) is 4. The molecule has 1 fully saturated rings. The Kier molecular flexibility index (Phi) is 3.32. The van der Waals surface area contributed by atoms with Gasteiger partial charge >= 0.3 is 11.9 Å². The van der Waals surface area contributed by atoms with Gasteiger partial charge in [-0.05, 0) is 0 Å². The van der Waals surface area contributed by atoms with Gasteiger partial charge in [0.05, 0.1) is 6.61 Å². The number of aliphatic hydroxyl groups is 3. The Morgan fingerprint density at radius 3 is 2.86 bits per heavy atom. The Balaban J connectivity index is 2.02. The van der Waals surface area contributed by atoms with E-state index in [-0.39, 0.29) is 11.2 Å². The van der Waals surface area contributed by atoms with Crippen LogP contribution in [-0.2, 0) is 4.74 Å². The van der Waals surface area contributed by atoms with Crippen LogP contribution in [0.5, 0.6) is 0 Å². The van der Waals surface area contributed by atoms with Crippen molar-refractivity contribution >= 4 is 17.0 Å². The normalized spacial score (nSPS) is 32.3. The maximum atomic E-state index is 14.7. The van der Waals surface area contributed by atoms with E-state index < -0.39 is 42.9 Å². The number of halogens is 2. The second-order valence-corrected chi connectivity index (χ2v) is 4.61. The number of nitrogen functional groups attached to an aromatic ring is 1. The summed E-state index contributed by atoms with van der Waals surface area (Å²) in [4.78, 5) is 15.0. The molecule has 0 aliphatic carbocycles. The summed E-state index contributed by atoms with van der Waals surface area (Å²) in [6.45, 7) is -0.488. The lowest BCUT2D eigenvalue weighted by Crippen LogP contribution is -2.64. The fourth-order valence-corrected chi connectivity index (χ4v) is 2.02. The first-order valence-corrected chi connectivity index (χ1v) is 6.03. The van der Waals surface area contributed by atoms with Crippen LogP contribution in [0.15, 0.2) is 6.33 Å². The summed E-state index contributed by atoms with van der Waals surface area (Å²) >= 11 is 0. The molecule has 0 unspecified atom stereocenters. The summed E-state index contributed by atoms with van der Waals surface area (Å²) in [6.07, 6.45) is -6.19. The van der Waals surface area contributed by atoms with Crippen molar-refractivity contribution in [2.75, 3.05) is 12.3 Å². The molecular weight excluding hydrogens is 308 g/mol. The number of hydrogen-bond donors (Lipinski definition) is 4. The zero-order valence-corrected chi connectivity index (χ0v) is 10.8. The summed E-state index contributed by atoms with van der Waals surface area (Å²) in [5, 5.41) is 28.7. The van der Waals surface area contributed by atoms with Crippen LogP contribution >= 0.6 is 0 Å². The number of alkyl halides is 1. The molecular formula is C10H11F2N5O5. The lowest BCUT2D eigenvalue weighted by molar-refractivity contribution is -0.361. The minimum Gasteiger partial charge on any atom is -0.388 e. The number of nitrogens with two attached hydrogens (primary N) is 1. The van der Waals surface area contributed by atoms with E-state index in [1.54, 1.807) is 0 Å². The molecule has 22 heavy (non-hydrogen) atoms. The second-order valence-electron chi connectivity index (χ2n) is 4.61. The molecule has 120 valence electrons. The van der Waals surface area contributed by atoms with Crippen LogP contribution in [0.25, 0.3) is 11.2 Å². The molecule has 2 aromatic rings. The van der Waals surface area contributed by atoms with Gasteiger partial charge in [0.25, 0.3) is 0 Å². The highest BCUT2D eigenvalue weighted by Gasteiger charge is 2.56. The molecule has 3 heterocycles. The van der Waals surface area contributed by atoms with Gasteiger partial charge in [0.15, 0.2) is 23.1 Å². The van der Waals surface area contributed by atoms with Crippen molar-refractivity contribution in [1.29, 1.82) is 0 Å². The summed E-state index contributed by atoms with van der Waals surface area (Å²) in [5.74, 6) is -3.61. The topological polar surface area (TPSA) is 149 Å². The van der Waals surface area contributed by atoms with Gasteiger partial charge in [0, 0.05) is 0 Å². The van der Waals surface area contributed by atoms with E-state index >= 15 is 0 Å². The summed E-state index contributed by atoms with van der Waals surface area (Å²) < 4.78 is 32.9. The smallest absolute Gasteiger partial charge is 0.348 e. The lowest BCUT2D eigenvalue weighted by atomic mass is 10.0. The first kappa shape index (κ1) is 14.8. The Labute approximate surface area is 120 Å². The van der Waals surface area contributed by atoms with Crippen molar-refractivity contribution < 1.29 is 33.7 Å². The van der Waals surface area contributed by atoms with Crippen molar-refractivity contribution in [3.05, 3.63) is 12.4 Å². The molecule has 1 aliphatic rings. The first-order chi connectivity index (χ1) is 10.3. The number of aromatic nitrogens is 4. The number of anilines is 1. The SMILES string of the molecule is Nc1nc(F)nc2ncn(O[C@]3(F)[C@H](O)[C@H](O)CO[C@@H]3O)c12. The Morgan fingerprint density at radius 2 is 2.14 bits per heavy atom. The largest absolute Gasteiger partial charge is 0.388 e. The first-order valence-electron chi connectivity index (χ1n) is 6.03. The fourth-order valence-electron chi connectivity index (χ4n) is 2.02. The molecule has 0 aromatic carbocycles. The van der Waals surface area contributed by atoms with E-state index in [1.165, 1.54) is 0 Å². The van der Waals surface area contributed by atoms with E-state index in [2.05, 4.69) is 19.7 Å². The zero-order valence-electron chi connectivity index (χ0n) is 10.8. The number of aliphatic hydroxyl groups excluding tert-OH is 3. The molecule has 4 atom stereocenters. The highest BCUT2D eigenvalue weighted by Crippen LogP contribution is 2.29. The van der Waals surface area contributed by atoms with Crippen LogP contribution in [0, 0.1) is 6.08 Å². The molecule has 0 saturated carbocycles. The number of fused-ring (bicyclic) bond motifs is 1. The lowest BCUT2D eigenvalue weighted by Gasteiger charge is -2.39. The number of ether oxygens (including phenoxy) is 1. The highest BCUT2D eigenvalue weighted by atomic mass is 19.2. The predicted molar refractivity (Wildman–Crippen MR) is 64.1 cm³/mol. The minimum atomic E-state index is -3.22. The second kappa shape index (κ2) is 4.95. The van der Waals surface area contributed by atoms with Crippen LogP contribution in [0.2, 0.25) is 0 Å². The third kappa shape index (κ3) is 2.12. The zero-order chi connectivity index (χ0) is 16.1. The van der Waals surface area contributed by atoms with E-state index in [0.29, 0.717) is 4.73 Å². The average molecular weight is 319 g/mol. The van der Waals surface area contributed by atoms with Gasteiger partial charge < -0.3 is 30.6 Å². The van der Waals surface area contributed by atoms with Crippen molar-refractivity contribution in [2.24, 2.45) is 0 Å². The summed E-state index contributed by atoms with van der Waals surface area (Å²) in [5.41, 5.74) is 5.08. The highest BCUT2D eigenvalue weighted by molar-refractivity contribution is 5.81. The number of hydrogen-bond acceptors (Lipinski definition) is 9. The van der Waals surface area contributed by atoms with E-state index in [1.807, 2.05) is 0 Å². The molecule has 10 nitrogen and oxygen atoms in total. The van der Waals surface area contributed by atoms with Gasteiger partial charge in [-0.15, -0.1) is 0 Å². The fraction of sp³-hybridized carbons (Fsp3) is 0.500. The molecule has 1 saturated heterocycles. The standard InChI is InChI=1S/C10H11F2N5O5/c11-9-15-6(13)4-7(16-9)14-2-17(4)22-10(12)5(19)3(18)1-21-8(10)20/h2-3,5,8,18-20H,1H2,(H2,13,15,16)/t3-,5-,8+,10-/m1/s1. The van der Waals surface area contributed by atoms with E-state index in [0.717, 1.165) is 6.33 Å². The van der Waals surface area contributed by atoms with Crippen molar-refractivity contribution in [2.45, 2.75) is 24.4 Å². The third-order valence-corrected chi connectivity index (χ3v) is 3.14. The van der Waals surface area contributed by atoms with Gasteiger partial charge in [-0.2, -0.15) is 23.5 Å². The molecule has 12 heteroatoms. The molecule has 2 aromatic heterocycles. The van der Waals surface area contributed by atoms with Gasteiger partial charge in [0.1, 0.15) is 12.4 Å². The van der Waals surface area contributed by atoms with Gasteiger partial charge in [-0.1, -0.05) is 0 Å². The monoisotopic (exact) mass is 319 g/mol. The molecule has 0 radical (unpaired) electrons. The van der Waals surface area contributed by atoms with Gasteiger partial charge in [0.2, 0.25) is 6.29 Å². The predicted octanol–water partition coefficient (Wildman–Crippen LogP) is -2.29. The van der Waals surface area contributed by atoms with Gasteiger partial charge in [-0.3, -0.25) is 0 Å². The molecule has 0 amide bonds. The maximum absolute atomic E-state index is 14.7. The summed E-state index contributed by atoms with van der Waals surface area (Å²) in [7, 11) is 0. The van der Waals surface area contributed by atoms with Crippen molar-refractivity contribution in [3.63, 3.8) is 0 Å². The molecule has 1 aliphatic heterocycles. The average Bonchev–Trinajstić information content (AvgIpc) is 2.84. The van der Waals surface area contributed by atoms with Crippen LogP contribution in [0.3, 0.4) is 0 Å². The van der Waals surface area contributed by atoms with E-state index in [4.69, 9.17) is 10.6 Å². The van der Waals surface area contributed by atoms with Crippen molar-refractivity contribution in [3.8, 4) is 0 Å². The van der Waals surface area contributed by atoms with Gasteiger partial charge in [-0.25, -0.2) is 4.98 Å². The minimum absolute atomic E-state index is 0.183. The van der Waals surface area contributed by atoms with E-state index in [9.17, 15) is 24.1 Å². The number of rotatable bonds is 2. The van der Waals surface area contributed by atoms with Crippen LogP contribution in [0.1, 0.15) is 0 Å². The Hall–Kier alpha value is -2.15. The van der Waals surface area contributed by atoms with Crippen LogP contribution in [0.4, 0.5) is 14.6 Å². The summed E-state index contributed by atoms with van der Waals surface area (Å²) in [6, 6.07) is 0.